The quantitative estimate of drug-likeness (QED) is 0.433. The number of carbonyl (C=O) groups excluding carboxylic acids is 2. The molecule has 0 saturated carbocycles. The van der Waals surface area contributed by atoms with Crippen molar-refractivity contribution in [3.8, 4) is 5.75 Å². The van der Waals surface area contributed by atoms with Gasteiger partial charge in [0.1, 0.15) is 5.75 Å². The number of nitrogens with zero attached hydrogens (tertiary/aromatic N) is 2. The van der Waals surface area contributed by atoms with Gasteiger partial charge in [-0.05, 0) is 54.4 Å². The average molecular weight is 529 g/mol. The Kier molecular flexibility index (Phi) is 7.63. The lowest BCUT2D eigenvalue weighted by Crippen LogP contribution is -2.50. The summed E-state index contributed by atoms with van der Waals surface area (Å²) >= 11 is 5.96. The molecule has 0 unspecified atom stereocenters. The van der Waals surface area contributed by atoms with Crippen molar-refractivity contribution in [1.82, 2.24) is 4.31 Å². The maximum absolute atomic E-state index is 13.7. The molecule has 10 heteroatoms. The van der Waals surface area contributed by atoms with Crippen molar-refractivity contribution in [2.24, 2.45) is 0 Å². The van der Waals surface area contributed by atoms with Crippen LogP contribution < -0.4 is 9.64 Å². The zero-order valence-electron chi connectivity index (χ0n) is 19.8. The van der Waals surface area contributed by atoms with Crippen LogP contribution >= 0.6 is 11.6 Å². The summed E-state index contributed by atoms with van der Waals surface area (Å²) in [5, 5.41) is 0.397. The first-order valence-corrected chi connectivity index (χ1v) is 13.0. The predicted molar refractivity (Wildman–Crippen MR) is 135 cm³/mol. The molecule has 0 aliphatic carbocycles. The molecule has 0 spiro atoms. The Morgan fingerprint density at radius 3 is 2.42 bits per heavy atom. The van der Waals surface area contributed by atoms with E-state index in [-0.39, 0.29) is 18.0 Å². The Hall–Kier alpha value is -3.40. The molecule has 188 valence electrons. The van der Waals surface area contributed by atoms with Crippen LogP contribution in [-0.2, 0) is 30.9 Å². The number of carbonyl (C=O) groups is 2. The van der Waals surface area contributed by atoms with Gasteiger partial charge in [0, 0.05) is 11.6 Å². The van der Waals surface area contributed by atoms with E-state index >= 15 is 0 Å². The van der Waals surface area contributed by atoms with Crippen LogP contribution in [0.5, 0.6) is 5.75 Å². The van der Waals surface area contributed by atoms with E-state index in [1.54, 1.807) is 24.3 Å². The Bertz CT molecular complexity index is 1380. The summed E-state index contributed by atoms with van der Waals surface area (Å²) in [6, 6.07) is 19.9. The first kappa shape index (κ1) is 25.7. The van der Waals surface area contributed by atoms with Crippen LogP contribution in [0.1, 0.15) is 11.1 Å². The second kappa shape index (κ2) is 10.7. The minimum Gasteiger partial charge on any atom is -0.475 e. The van der Waals surface area contributed by atoms with Gasteiger partial charge < -0.3 is 14.4 Å². The molecule has 4 rings (SSSR count). The molecule has 1 aliphatic rings. The Morgan fingerprint density at radius 2 is 1.72 bits per heavy atom. The summed E-state index contributed by atoms with van der Waals surface area (Å²) in [5.74, 6) is -0.808. The van der Waals surface area contributed by atoms with E-state index in [9.17, 15) is 18.0 Å². The number of methoxy groups -OCH3 is 1. The van der Waals surface area contributed by atoms with Crippen molar-refractivity contribution >= 4 is 39.2 Å². The summed E-state index contributed by atoms with van der Waals surface area (Å²) in [7, 11) is -2.84. The van der Waals surface area contributed by atoms with Crippen molar-refractivity contribution in [2.75, 3.05) is 25.1 Å². The minimum absolute atomic E-state index is 0.0168. The summed E-state index contributed by atoms with van der Waals surface area (Å²) < 4.78 is 39.0. The molecular weight excluding hydrogens is 504 g/mol. The molecule has 8 nitrogen and oxygen atoms in total. The van der Waals surface area contributed by atoms with E-state index in [1.165, 1.54) is 36.3 Å². The average Bonchev–Trinajstić information content (AvgIpc) is 2.88. The molecule has 1 amide bonds. The molecule has 1 atom stereocenters. The third-order valence-electron chi connectivity index (χ3n) is 5.91. The molecule has 0 fully saturated rings. The first-order valence-electron chi connectivity index (χ1n) is 11.1. The SMILES string of the molecule is COC(=O)[C@@H]1CN(C(=O)CN(Cc2ccccc2C)S(=O)(=O)c2ccc(Cl)cc2)c2ccccc2O1. The number of hydrogen-bond donors (Lipinski definition) is 0. The number of fused-ring (bicyclic) bond motifs is 1. The van der Waals surface area contributed by atoms with Gasteiger partial charge in [0.05, 0.1) is 30.8 Å². The molecule has 3 aromatic rings. The molecular formula is C26H25ClN2O6S. The van der Waals surface area contributed by atoms with E-state index in [0.717, 1.165) is 15.4 Å². The molecule has 3 aromatic carbocycles. The third kappa shape index (κ3) is 5.38. The number of hydrogen-bond acceptors (Lipinski definition) is 6. The fraction of sp³-hybridized carbons (Fsp3) is 0.231. The Morgan fingerprint density at radius 1 is 1.06 bits per heavy atom. The zero-order chi connectivity index (χ0) is 25.9. The number of rotatable bonds is 7. The highest BCUT2D eigenvalue weighted by Crippen LogP contribution is 2.34. The van der Waals surface area contributed by atoms with E-state index < -0.39 is 34.5 Å². The van der Waals surface area contributed by atoms with E-state index in [4.69, 9.17) is 21.1 Å². The monoisotopic (exact) mass is 528 g/mol. The zero-order valence-corrected chi connectivity index (χ0v) is 21.3. The summed E-state index contributed by atoms with van der Waals surface area (Å²) in [6.07, 6.45) is -1.04. The molecule has 0 N–H and O–H groups in total. The van der Waals surface area contributed by atoms with Crippen LogP contribution in [0.3, 0.4) is 0 Å². The maximum Gasteiger partial charge on any atom is 0.348 e. The number of sulfonamides is 1. The summed E-state index contributed by atoms with van der Waals surface area (Å²) in [6.45, 7) is 1.29. The molecule has 0 saturated heterocycles. The van der Waals surface area contributed by atoms with Crippen molar-refractivity contribution in [2.45, 2.75) is 24.5 Å². The van der Waals surface area contributed by atoms with E-state index in [2.05, 4.69) is 0 Å². The molecule has 0 radical (unpaired) electrons. The topological polar surface area (TPSA) is 93.2 Å². The van der Waals surface area contributed by atoms with Crippen molar-refractivity contribution in [3.63, 3.8) is 0 Å². The van der Waals surface area contributed by atoms with Crippen molar-refractivity contribution in [1.29, 1.82) is 0 Å². The number of amides is 1. The van der Waals surface area contributed by atoms with Gasteiger partial charge in [0.25, 0.3) is 0 Å². The maximum atomic E-state index is 13.7. The highest BCUT2D eigenvalue weighted by molar-refractivity contribution is 7.89. The van der Waals surface area contributed by atoms with E-state index in [1.807, 2.05) is 31.2 Å². The van der Waals surface area contributed by atoms with Crippen LogP contribution in [0.2, 0.25) is 5.02 Å². The highest BCUT2D eigenvalue weighted by Gasteiger charge is 2.36. The van der Waals surface area contributed by atoms with Gasteiger partial charge in [-0.25, -0.2) is 13.2 Å². The number of para-hydroxylation sites is 2. The van der Waals surface area contributed by atoms with Crippen LogP contribution in [-0.4, -0.2) is 50.9 Å². The van der Waals surface area contributed by atoms with Gasteiger partial charge in [-0.2, -0.15) is 4.31 Å². The van der Waals surface area contributed by atoms with Crippen LogP contribution in [0, 0.1) is 6.92 Å². The van der Waals surface area contributed by atoms with Gasteiger partial charge in [0.15, 0.2) is 0 Å². The first-order chi connectivity index (χ1) is 17.2. The van der Waals surface area contributed by atoms with Crippen LogP contribution in [0.4, 0.5) is 5.69 Å². The third-order valence-corrected chi connectivity index (χ3v) is 7.97. The molecule has 1 aliphatic heterocycles. The fourth-order valence-electron chi connectivity index (χ4n) is 3.92. The summed E-state index contributed by atoms with van der Waals surface area (Å²) in [4.78, 5) is 27.2. The van der Waals surface area contributed by atoms with Crippen LogP contribution in [0.25, 0.3) is 0 Å². The molecule has 0 bridgehead atoms. The highest BCUT2D eigenvalue weighted by atomic mass is 35.5. The smallest absolute Gasteiger partial charge is 0.348 e. The number of aryl methyl sites for hydroxylation is 1. The van der Waals surface area contributed by atoms with E-state index in [0.29, 0.717) is 16.5 Å². The van der Waals surface area contributed by atoms with Gasteiger partial charge in [-0.1, -0.05) is 48.0 Å². The van der Waals surface area contributed by atoms with Gasteiger partial charge in [0.2, 0.25) is 22.0 Å². The van der Waals surface area contributed by atoms with Crippen molar-refractivity contribution in [3.05, 3.63) is 88.9 Å². The van der Waals surface area contributed by atoms with Gasteiger partial charge >= 0.3 is 5.97 Å². The predicted octanol–water partition coefficient (Wildman–Crippen LogP) is 3.81. The van der Waals surface area contributed by atoms with Gasteiger partial charge in [-0.15, -0.1) is 0 Å². The number of benzene rings is 3. The fourth-order valence-corrected chi connectivity index (χ4v) is 5.41. The largest absolute Gasteiger partial charge is 0.475 e. The number of anilines is 1. The number of halogens is 1. The minimum atomic E-state index is -4.07. The molecule has 1 heterocycles. The Balaban J connectivity index is 1.70. The van der Waals surface area contributed by atoms with Crippen molar-refractivity contribution < 1.29 is 27.5 Å². The number of esters is 1. The second-order valence-electron chi connectivity index (χ2n) is 8.26. The lowest BCUT2D eigenvalue weighted by atomic mass is 10.1. The van der Waals surface area contributed by atoms with Crippen LogP contribution in [0.15, 0.2) is 77.7 Å². The van der Waals surface area contributed by atoms with Gasteiger partial charge in [-0.3, -0.25) is 4.79 Å². The number of ether oxygens (including phenoxy) is 2. The second-order valence-corrected chi connectivity index (χ2v) is 10.6. The molecule has 36 heavy (non-hydrogen) atoms. The molecule has 0 aromatic heterocycles. The standard InChI is InChI=1S/C26H25ClN2O6S/c1-18-7-3-4-8-19(18)15-28(36(32,33)21-13-11-20(27)12-14-21)17-25(30)29-16-24(26(31)34-2)35-23-10-6-5-9-22(23)29/h3-14,24H,15-17H2,1-2H3/t24-/m0/s1. The lowest BCUT2D eigenvalue weighted by Gasteiger charge is -2.34. The summed E-state index contributed by atoms with van der Waals surface area (Å²) in [5.41, 5.74) is 2.10. The normalized spacial score (nSPS) is 15.2. The Labute approximate surface area is 215 Å². The lowest BCUT2D eigenvalue weighted by molar-refractivity contribution is -0.148.